The highest BCUT2D eigenvalue weighted by Crippen LogP contribution is 2.08. The van der Waals surface area contributed by atoms with Gasteiger partial charge in [0.1, 0.15) is 0 Å². The number of nitrogens with one attached hydrogen (secondary N) is 2. The van der Waals surface area contributed by atoms with Crippen LogP contribution in [0.5, 0.6) is 5.88 Å². The largest absolute Gasteiger partial charge is 0.478 e. The third-order valence-electron chi connectivity index (χ3n) is 4.40. The monoisotopic (exact) mass is 518 g/mol. The van der Waals surface area contributed by atoms with Crippen molar-refractivity contribution in [1.29, 1.82) is 0 Å². The minimum absolute atomic E-state index is 0. The molecule has 2 heterocycles. The number of amides is 1. The number of pyridine rings is 1. The molecular weight excluding hydrogens is 483 g/mol. The molecule has 2 rings (SSSR count). The highest BCUT2D eigenvalue weighted by Gasteiger charge is 2.21. The second-order valence-electron chi connectivity index (χ2n) is 7.24. The Morgan fingerprint density at radius 1 is 1.28 bits per heavy atom. The molecule has 1 saturated heterocycles. The van der Waals surface area contributed by atoms with E-state index in [2.05, 4.69) is 37.3 Å². The molecule has 1 fully saturated rings. The van der Waals surface area contributed by atoms with Crippen molar-refractivity contribution in [3.05, 3.63) is 23.9 Å². The molecule has 2 N–H and O–H groups in total. The molecule has 0 saturated carbocycles. The van der Waals surface area contributed by atoms with E-state index in [1.807, 2.05) is 32.2 Å². The Kier molecular flexibility index (Phi) is 11.9. The van der Waals surface area contributed by atoms with Crippen LogP contribution in [0.15, 0.2) is 23.3 Å². The molecule has 0 bridgehead atoms. The Labute approximate surface area is 191 Å². The van der Waals surface area contributed by atoms with Gasteiger partial charge in [0, 0.05) is 58.1 Å². The summed E-state index contributed by atoms with van der Waals surface area (Å²) in [5, 5.41) is 6.34. The van der Waals surface area contributed by atoms with Gasteiger partial charge < -0.3 is 20.3 Å². The summed E-state index contributed by atoms with van der Waals surface area (Å²) in [6, 6.07) is 4.10. The first-order valence-corrected chi connectivity index (χ1v) is 10.1. The first-order valence-electron chi connectivity index (χ1n) is 10.1. The van der Waals surface area contributed by atoms with Crippen molar-refractivity contribution < 1.29 is 9.53 Å². The van der Waals surface area contributed by atoms with E-state index in [0.717, 1.165) is 44.1 Å². The molecule has 8 nitrogen and oxygen atoms in total. The molecule has 1 aromatic rings. The smallest absolute Gasteiger partial charge is 0.234 e. The molecule has 0 spiro atoms. The molecule has 0 unspecified atom stereocenters. The maximum atomic E-state index is 11.9. The molecule has 1 aromatic heterocycles. The topological polar surface area (TPSA) is 82.1 Å². The molecular formula is C20H35IN6O2. The van der Waals surface area contributed by atoms with Crippen molar-refractivity contribution in [2.75, 3.05) is 46.4 Å². The number of ether oxygens (including phenoxy) is 1. The number of guanidine groups is 1. The van der Waals surface area contributed by atoms with Crippen LogP contribution in [-0.2, 0) is 11.3 Å². The first kappa shape index (κ1) is 25.4. The van der Waals surface area contributed by atoms with E-state index in [0.29, 0.717) is 25.6 Å². The highest BCUT2D eigenvalue weighted by atomic mass is 127. The molecule has 1 aliphatic heterocycles. The van der Waals surface area contributed by atoms with Gasteiger partial charge in [-0.1, -0.05) is 13.0 Å². The second-order valence-corrected chi connectivity index (χ2v) is 7.24. The van der Waals surface area contributed by atoms with E-state index in [1.165, 1.54) is 0 Å². The van der Waals surface area contributed by atoms with Crippen LogP contribution in [0.2, 0.25) is 0 Å². The number of aliphatic imine (C=N–C) groups is 1. The molecule has 1 aliphatic rings. The summed E-state index contributed by atoms with van der Waals surface area (Å²) >= 11 is 0. The maximum absolute atomic E-state index is 11.9. The van der Waals surface area contributed by atoms with Gasteiger partial charge in [-0.15, -0.1) is 24.0 Å². The van der Waals surface area contributed by atoms with Crippen molar-refractivity contribution in [3.8, 4) is 5.88 Å². The van der Waals surface area contributed by atoms with Crippen molar-refractivity contribution in [2.45, 2.75) is 39.8 Å². The summed E-state index contributed by atoms with van der Waals surface area (Å²) in [6.45, 7) is 11.2. The summed E-state index contributed by atoms with van der Waals surface area (Å²) in [5.74, 6) is 1.62. The average molecular weight is 518 g/mol. The molecule has 0 aliphatic carbocycles. The molecule has 164 valence electrons. The van der Waals surface area contributed by atoms with E-state index in [4.69, 9.17) is 4.74 Å². The summed E-state index contributed by atoms with van der Waals surface area (Å²) < 4.78 is 5.51. The molecule has 0 aromatic carbocycles. The number of piperazine rings is 1. The molecule has 29 heavy (non-hydrogen) atoms. The minimum atomic E-state index is 0. The lowest BCUT2D eigenvalue weighted by Gasteiger charge is -2.36. The van der Waals surface area contributed by atoms with E-state index in [1.54, 1.807) is 7.05 Å². The number of carbonyl (C=O) groups is 1. The molecule has 1 amide bonds. The zero-order chi connectivity index (χ0) is 20.4. The van der Waals surface area contributed by atoms with E-state index in [9.17, 15) is 4.79 Å². The number of aromatic nitrogens is 1. The second kappa shape index (κ2) is 13.6. The van der Waals surface area contributed by atoms with E-state index < -0.39 is 0 Å². The fourth-order valence-corrected chi connectivity index (χ4v) is 3.01. The fourth-order valence-electron chi connectivity index (χ4n) is 3.01. The number of halogens is 1. The van der Waals surface area contributed by atoms with Crippen LogP contribution in [0.3, 0.4) is 0 Å². The molecule has 9 heteroatoms. The predicted octanol–water partition coefficient (Wildman–Crippen LogP) is 1.71. The molecule has 0 radical (unpaired) electrons. The Morgan fingerprint density at radius 3 is 2.55 bits per heavy atom. The van der Waals surface area contributed by atoms with Crippen molar-refractivity contribution in [1.82, 2.24) is 25.4 Å². The summed E-state index contributed by atoms with van der Waals surface area (Å²) in [6.07, 6.45) is 2.80. The van der Waals surface area contributed by atoms with Crippen LogP contribution < -0.4 is 15.4 Å². The number of nitrogens with zero attached hydrogens (tertiary/aromatic N) is 4. The SMILES string of the molecule is CCCOc1ccc(CNC(=NC)N2CCN(CC(=O)NC(C)C)CC2)cn1.I. The van der Waals surface area contributed by atoms with Gasteiger partial charge in [0.05, 0.1) is 13.2 Å². The number of hydrogen-bond donors (Lipinski definition) is 2. The van der Waals surface area contributed by atoms with Gasteiger partial charge in [0.15, 0.2) is 5.96 Å². The third kappa shape index (κ3) is 9.16. The maximum Gasteiger partial charge on any atom is 0.234 e. The van der Waals surface area contributed by atoms with Gasteiger partial charge in [-0.25, -0.2) is 4.98 Å². The quantitative estimate of drug-likeness (QED) is 0.310. The summed E-state index contributed by atoms with van der Waals surface area (Å²) in [4.78, 5) is 25.1. The Morgan fingerprint density at radius 2 is 2.00 bits per heavy atom. The summed E-state index contributed by atoms with van der Waals surface area (Å²) in [5.41, 5.74) is 1.08. The third-order valence-corrected chi connectivity index (χ3v) is 4.40. The van der Waals surface area contributed by atoms with Crippen LogP contribution in [0.1, 0.15) is 32.8 Å². The zero-order valence-electron chi connectivity index (χ0n) is 18.0. The van der Waals surface area contributed by atoms with Gasteiger partial charge in [0.2, 0.25) is 11.8 Å². The normalized spacial score (nSPS) is 15.1. The predicted molar refractivity (Wildman–Crippen MR) is 127 cm³/mol. The van der Waals surface area contributed by atoms with Crippen LogP contribution in [0.4, 0.5) is 0 Å². The lowest BCUT2D eigenvalue weighted by Crippen LogP contribution is -2.54. The zero-order valence-corrected chi connectivity index (χ0v) is 20.3. The van der Waals surface area contributed by atoms with Crippen molar-refractivity contribution in [2.24, 2.45) is 4.99 Å². The standard InChI is InChI=1S/C20H34N6O2.HI/c1-5-12-28-19-7-6-17(13-22-19)14-23-20(21-4)26-10-8-25(9-11-26)15-18(27)24-16(2)3;/h6-7,13,16H,5,8-12,14-15H2,1-4H3,(H,21,23)(H,24,27);1H. The first-order chi connectivity index (χ1) is 13.5. The number of rotatable bonds is 8. The summed E-state index contributed by atoms with van der Waals surface area (Å²) in [7, 11) is 1.80. The van der Waals surface area contributed by atoms with Gasteiger partial charge in [-0.05, 0) is 25.8 Å². The Hall–Kier alpha value is -1.62. The molecule has 0 atom stereocenters. The fraction of sp³-hybridized carbons (Fsp3) is 0.650. The minimum Gasteiger partial charge on any atom is -0.478 e. The van der Waals surface area contributed by atoms with Crippen molar-refractivity contribution >= 4 is 35.8 Å². The lowest BCUT2D eigenvalue weighted by molar-refractivity contribution is -0.123. The highest BCUT2D eigenvalue weighted by molar-refractivity contribution is 14.0. The van der Waals surface area contributed by atoms with Crippen LogP contribution >= 0.6 is 24.0 Å². The van der Waals surface area contributed by atoms with Crippen LogP contribution in [0, 0.1) is 0 Å². The average Bonchev–Trinajstić information content (AvgIpc) is 2.68. The van der Waals surface area contributed by atoms with Gasteiger partial charge >= 0.3 is 0 Å². The Bertz CT molecular complexity index is 630. The van der Waals surface area contributed by atoms with Crippen LogP contribution in [0.25, 0.3) is 0 Å². The van der Waals surface area contributed by atoms with Gasteiger partial charge in [-0.3, -0.25) is 14.7 Å². The van der Waals surface area contributed by atoms with E-state index in [-0.39, 0.29) is 35.9 Å². The number of hydrogen-bond acceptors (Lipinski definition) is 5. The van der Waals surface area contributed by atoms with Crippen molar-refractivity contribution in [3.63, 3.8) is 0 Å². The number of carbonyl (C=O) groups excluding carboxylic acids is 1. The van der Waals surface area contributed by atoms with E-state index >= 15 is 0 Å². The lowest BCUT2D eigenvalue weighted by atomic mass is 10.3. The Balaban J connectivity index is 0.00000420. The van der Waals surface area contributed by atoms with Gasteiger partial charge in [0.25, 0.3) is 0 Å². The van der Waals surface area contributed by atoms with Crippen LogP contribution in [-0.4, -0.2) is 79.1 Å². The van der Waals surface area contributed by atoms with Gasteiger partial charge in [-0.2, -0.15) is 0 Å².